The predicted molar refractivity (Wildman–Crippen MR) is 78.4 cm³/mol. The van der Waals surface area contributed by atoms with E-state index in [-0.39, 0.29) is 24.3 Å². The summed E-state index contributed by atoms with van der Waals surface area (Å²) in [6, 6.07) is 0. The third-order valence-corrected chi connectivity index (χ3v) is 4.24. The lowest BCUT2D eigenvalue weighted by atomic mass is 9.85. The van der Waals surface area contributed by atoms with Crippen LogP contribution in [0.15, 0.2) is 0 Å². The molecular weight excluding hydrogens is 270 g/mol. The molecule has 1 aliphatic carbocycles. The summed E-state index contributed by atoms with van der Waals surface area (Å²) >= 11 is 0. The highest BCUT2D eigenvalue weighted by Gasteiger charge is 2.20. The van der Waals surface area contributed by atoms with Gasteiger partial charge in [0, 0.05) is 32.5 Å². The molecule has 0 aromatic carbocycles. The minimum atomic E-state index is -0.183. The summed E-state index contributed by atoms with van der Waals surface area (Å²) in [6.45, 7) is 1.86. The van der Waals surface area contributed by atoms with Crippen molar-refractivity contribution in [2.75, 3.05) is 26.2 Å². The van der Waals surface area contributed by atoms with Crippen LogP contribution in [0.25, 0.3) is 0 Å². The number of nitrogens with one attached hydrogen (secondary N) is 2. The van der Waals surface area contributed by atoms with E-state index in [0.29, 0.717) is 31.8 Å². The van der Waals surface area contributed by atoms with Crippen molar-refractivity contribution in [3.63, 3.8) is 0 Å². The van der Waals surface area contributed by atoms with E-state index < -0.39 is 0 Å². The van der Waals surface area contributed by atoms with Crippen LogP contribution in [0.3, 0.4) is 0 Å². The van der Waals surface area contributed by atoms with Gasteiger partial charge in [0.2, 0.25) is 17.7 Å². The molecule has 1 aliphatic heterocycles. The molecule has 0 atom stereocenters. The second-order valence-corrected chi connectivity index (χ2v) is 5.97. The molecule has 6 nitrogen and oxygen atoms in total. The van der Waals surface area contributed by atoms with Gasteiger partial charge in [-0.1, -0.05) is 6.42 Å². The second kappa shape index (κ2) is 8.00. The zero-order valence-electron chi connectivity index (χ0n) is 12.5. The van der Waals surface area contributed by atoms with E-state index in [4.69, 9.17) is 0 Å². The first-order chi connectivity index (χ1) is 10.1. The third kappa shape index (κ3) is 5.36. The van der Waals surface area contributed by atoms with Crippen LogP contribution in [0.1, 0.15) is 44.9 Å². The zero-order valence-corrected chi connectivity index (χ0v) is 12.5. The molecule has 0 unspecified atom stereocenters. The number of carbonyl (C=O) groups is 3. The van der Waals surface area contributed by atoms with Crippen LogP contribution in [0, 0.1) is 5.92 Å². The first-order valence-electron chi connectivity index (χ1n) is 7.96. The van der Waals surface area contributed by atoms with Crippen molar-refractivity contribution in [2.24, 2.45) is 5.92 Å². The number of carbonyl (C=O) groups excluding carboxylic acids is 3. The summed E-state index contributed by atoms with van der Waals surface area (Å²) in [7, 11) is 0. The van der Waals surface area contributed by atoms with Crippen molar-refractivity contribution in [1.29, 1.82) is 0 Å². The molecule has 2 N–H and O–H groups in total. The van der Waals surface area contributed by atoms with E-state index in [1.165, 1.54) is 19.3 Å². The molecule has 0 aromatic heterocycles. The van der Waals surface area contributed by atoms with E-state index in [1.54, 1.807) is 4.90 Å². The Labute approximate surface area is 125 Å². The summed E-state index contributed by atoms with van der Waals surface area (Å²) < 4.78 is 0. The summed E-state index contributed by atoms with van der Waals surface area (Å²) in [5, 5.41) is 5.60. The molecule has 118 valence electrons. The van der Waals surface area contributed by atoms with Crippen molar-refractivity contribution < 1.29 is 14.4 Å². The van der Waals surface area contributed by atoms with Gasteiger partial charge in [-0.15, -0.1) is 0 Å². The van der Waals surface area contributed by atoms with E-state index >= 15 is 0 Å². The van der Waals surface area contributed by atoms with Crippen LogP contribution >= 0.6 is 0 Å². The van der Waals surface area contributed by atoms with Gasteiger partial charge in [0.25, 0.3) is 0 Å². The lowest BCUT2D eigenvalue weighted by molar-refractivity contribution is -0.137. The van der Waals surface area contributed by atoms with Crippen molar-refractivity contribution in [3.05, 3.63) is 0 Å². The summed E-state index contributed by atoms with van der Waals surface area (Å²) in [6.07, 6.45) is 6.40. The van der Waals surface area contributed by atoms with Gasteiger partial charge >= 0.3 is 0 Å². The lowest BCUT2D eigenvalue weighted by Gasteiger charge is -2.26. The van der Waals surface area contributed by atoms with E-state index in [2.05, 4.69) is 10.6 Å². The van der Waals surface area contributed by atoms with Crippen molar-refractivity contribution in [1.82, 2.24) is 15.5 Å². The lowest BCUT2D eigenvalue weighted by Crippen LogP contribution is -2.43. The molecule has 1 heterocycles. The van der Waals surface area contributed by atoms with Gasteiger partial charge in [0.15, 0.2) is 0 Å². The molecule has 2 aliphatic rings. The van der Waals surface area contributed by atoms with E-state index in [0.717, 1.165) is 19.4 Å². The van der Waals surface area contributed by atoms with Gasteiger partial charge < -0.3 is 15.5 Å². The van der Waals surface area contributed by atoms with Crippen molar-refractivity contribution in [3.8, 4) is 0 Å². The Bertz CT molecular complexity index is 394. The standard InChI is InChI=1S/C15H25N3O3/c19-13(17-10-12-4-3-5-12)7-8-16-14(20)11-18-9-2-1-6-15(18)21/h12H,1-11H2,(H,16,20)(H,17,19). The average molecular weight is 295 g/mol. The second-order valence-electron chi connectivity index (χ2n) is 5.97. The normalized spacial score (nSPS) is 19.0. The third-order valence-electron chi connectivity index (χ3n) is 4.24. The maximum atomic E-state index is 11.7. The van der Waals surface area contributed by atoms with Crippen LogP contribution < -0.4 is 10.6 Å². The Balaban J connectivity index is 1.53. The van der Waals surface area contributed by atoms with Gasteiger partial charge in [-0.2, -0.15) is 0 Å². The largest absolute Gasteiger partial charge is 0.356 e. The summed E-state index contributed by atoms with van der Waals surface area (Å²) in [5.41, 5.74) is 0. The first kappa shape index (κ1) is 15.8. The molecule has 0 aromatic rings. The molecule has 3 amide bonds. The van der Waals surface area contributed by atoms with Gasteiger partial charge in [-0.25, -0.2) is 0 Å². The van der Waals surface area contributed by atoms with Crippen LogP contribution in [-0.4, -0.2) is 48.8 Å². The van der Waals surface area contributed by atoms with E-state index in [1.807, 2.05) is 0 Å². The monoisotopic (exact) mass is 295 g/mol. The fourth-order valence-corrected chi connectivity index (χ4v) is 2.62. The highest BCUT2D eigenvalue weighted by Crippen LogP contribution is 2.25. The van der Waals surface area contributed by atoms with Gasteiger partial charge in [0.1, 0.15) is 0 Å². The quantitative estimate of drug-likeness (QED) is 0.714. The van der Waals surface area contributed by atoms with Gasteiger partial charge in [-0.3, -0.25) is 14.4 Å². The fraction of sp³-hybridized carbons (Fsp3) is 0.800. The van der Waals surface area contributed by atoms with Crippen molar-refractivity contribution >= 4 is 17.7 Å². The van der Waals surface area contributed by atoms with Crippen LogP contribution in [0.4, 0.5) is 0 Å². The topological polar surface area (TPSA) is 78.5 Å². The number of rotatable bonds is 7. The number of nitrogens with zero attached hydrogens (tertiary/aromatic N) is 1. The Kier molecular flexibility index (Phi) is 6.02. The molecule has 2 rings (SSSR count). The van der Waals surface area contributed by atoms with Crippen LogP contribution in [-0.2, 0) is 14.4 Å². The number of likely N-dealkylation sites (tertiary alicyclic amines) is 1. The SMILES string of the molecule is O=C(CCNC(=O)CN1CCCCC1=O)NCC1CCC1. The molecule has 0 radical (unpaired) electrons. The molecule has 0 spiro atoms. The maximum absolute atomic E-state index is 11.7. The molecule has 6 heteroatoms. The number of piperidine rings is 1. The number of amides is 3. The van der Waals surface area contributed by atoms with Crippen LogP contribution in [0.2, 0.25) is 0 Å². The molecular formula is C15H25N3O3. The van der Waals surface area contributed by atoms with E-state index in [9.17, 15) is 14.4 Å². The molecule has 2 fully saturated rings. The highest BCUT2D eigenvalue weighted by atomic mass is 16.2. The molecule has 1 saturated carbocycles. The predicted octanol–water partition coefficient (Wildman–Crippen LogP) is 0.421. The Morgan fingerprint density at radius 3 is 2.57 bits per heavy atom. The summed E-state index contributed by atoms with van der Waals surface area (Å²) in [4.78, 5) is 36.5. The minimum Gasteiger partial charge on any atom is -0.356 e. The van der Waals surface area contributed by atoms with Crippen LogP contribution in [0.5, 0.6) is 0 Å². The average Bonchev–Trinajstić information content (AvgIpc) is 2.39. The molecule has 21 heavy (non-hydrogen) atoms. The number of hydrogen-bond acceptors (Lipinski definition) is 3. The van der Waals surface area contributed by atoms with Gasteiger partial charge in [-0.05, 0) is 31.6 Å². The molecule has 0 bridgehead atoms. The first-order valence-corrected chi connectivity index (χ1v) is 7.96. The van der Waals surface area contributed by atoms with Crippen molar-refractivity contribution in [2.45, 2.75) is 44.9 Å². The Morgan fingerprint density at radius 2 is 1.90 bits per heavy atom. The minimum absolute atomic E-state index is 0.0174. The Hall–Kier alpha value is -1.59. The fourth-order valence-electron chi connectivity index (χ4n) is 2.62. The highest BCUT2D eigenvalue weighted by molar-refractivity contribution is 5.85. The summed E-state index contributed by atoms with van der Waals surface area (Å²) in [5.74, 6) is 0.497. The Morgan fingerprint density at radius 1 is 1.10 bits per heavy atom. The van der Waals surface area contributed by atoms with Gasteiger partial charge in [0.05, 0.1) is 6.54 Å². The maximum Gasteiger partial charge on any atom is 0.239 e. The molecule has 1 saturated heterocycles. The number of hydrogen-bond donors (Lipinski definition) is 2. The zero-order chi connectivity index (χ0) is 15.1. The smallest absolute Gasteiger partial charge is 0.239 e.